The Morgan fingerprint density at radius 2 is 2.06 bits per heavy atom. The van der Waals surface area contributed by atoms with Crippen LogP contribution in [0.25, 0.3) is 0 Å². The van der Waals surface area contributed by atoms with Crippen LogP contribution in [0, 0.1) is 5.92 Å². The van der Waals surface area contributed by atoms with Gasteiger partial charge >= 0.3 is 5.97 Å². The molecule has 0 radical (unpaired) electrons. The van der Waals surface area contributed by atoms with Crippen molar-refractivity contribution in [1.29, 1.82) is 0 Å². The first-order chi connectivity index (χ1) is 8.62. The first-order valence-corrected chi connectivity index (χ1v) is 6.17. The summed E-state index contributed by atoms with van der Waals surface area (Å²) in [7, 11) is 0. The second kappa shape index (κ2) is 4.94. The van der Waals surface area contributed by atoms with Crippen molar-refractivity contribution in [3.8, 4) is 0 Å². The first-order valence-electron chi connectivity index (χ1n) is 6.17. The number of benzene rings is 1. The summed E-state index contributed by atoms with van der Waals surface area (Å²) in [5.74, 6) is -0.991. The fourth-order valence-electron chi connectivity index (χ4n) is 2.78. The molecule has 1 atom stereocenters. The third-order valence-electron chi connectivity index (χ3n) is 3.84. The van der Waals surface area contributed by atoms with Crippen molar-refractivity contribution in [3.63, 3.8) is 0 Å². The highest BCUT2D eigenvalue weighted by atomic mass is 16.5. The largest absolute Gasteiger partial charge is 0.478 e. The van der Waals surface area contributed by atoms with Crippen LogP contribution in [-0.2, 0) is 14.9 Å². The summed E-state index contributed by atoms with van der Waals surface area (Å²) in [5.41, 5.74) is 1.21. The van der Waals surface area contributed by atoms with Gasteiger partial charge in [0.2, 0.25) is 0 Å². The lowest BCUT2D eigenvalue weighted by molar-refractivity contribution is -0.135. The molecule has 3 nitrogen and oxygen atoms in total. The number of hydrogen-bond acceptors (Lipinski definition) is 2. The van der Waals surface area contributed by atoms with E-state index in [1.54, 1.807) is 0 Å². The smallest absolute Gasteiger partial charge is 0.331 e. The van der Waals surface area contributed by atoms with Gasteiger partial charge < -0.3 is 9.84 Å². The van der Waals surface area contributed by atoms with E-state index in [2.05, 4.69) is 6.58 Å². The molecule has 0 bridgehead atoms. The summed E-state index contributed by atoms with van der Waals surface area (Å²) in [4.78, 5) is 11.2. The molecular weight excluding hydrogens is 228 g/mol. The van der Waals surface area contributed by atoms with Gasteiger partial charge in [-0.2, -0.15) is 0 Å². The lowest BCUT2D eigenvalue weighted by Crippen LogP contribution is -2.53. The van der Waals surface area contributed by atoms with Crippen LogP contribution in [0.15, 0.2) is 42.5 Å². The first kappa shape index (κ1) is 12.8. The third-order valence-corrected chi connectivity index (χ3v) is 3.84. The quantitative estimate of drug-likeness (QED) is 0.812. The summed E-state index contributed by atoms with van der Waals surface area (Å²) >= 11 is 0. The molecule has 0 saturated carbocycles. The van der Waals surface area contributed by atoms with Crippen molar-refractivity contribution in [2.75, 3.05) is 13.2 Å². The third kappa shape index (κ3) is 1.95. The predicted octanol–water partition coefficient (Wildman–Crippen LogP) is 2.62. The van der Waals surface area contributed by atoms with Gasteiger partial charge in [-0.3, -0.25) is 0 Å². The number of rotatable bonds is 5. The number of carboxylic acids is 1. The molecule has 1 aromatic carbocycles. The maximum absolute atomic E-state index is 11.2. The number of carboxylic acid groups (broad SMARTS) is 1. The van der Waals surface area contributed by atoms with Crippen LogP contribution in [-0.4, -0.2) is 24.3 Å². The standard InChI is InChI=1S/C15H18O3/c1-3-13(11(2)14(16)17)15(9-18-10-15)12-7-5-4-6-8-12/h4-8,13H,2-3,9-10H2,1H3,(H,16,17). The Labute approximate surface area is 107 Å². The van der Waals surface area contributed by atoms with Gasteiger partial charge in [0.05, 0.1) is 13.2 Å². The molecular formula is C15H18O3. The fraction of sp³-hybridized carbons (Fsp3) is 0.400. The minimum absolute atomic E-state index is 0.0776. The van der Waals surface area contributed by atoms with Crippen LogP contribution in [0.1, 0.15) is 18.9 Å². The molecule has 1 aliphatic heterocycles. The van der Waals surface area contributed by atoms with Crippen molar-refractivity contribution < 1.29 is 14.6 Å². The number of carbonyl (C=O) groups is 1. The highest BCUT2D eigenvalue weighted by Gasteiger charge is 2.48. The summed E-state index contributed by atoms with van der Waals surface area (Å²) in [5, 5.41) is 9.17. The second-order valence-electron chi connectivity index (χ2n) is 4.81. The van der Waals surface area contributed by atoms with Gasteiger partial charge in [0.1, 0.15) is 0 Å². The van der Waals surface area contributed by atoms with Crippen molar-refractivity contribution in [3.05, 3.63) is 48.0 Å². The Bertz CT molecular complexity index is 446. The normalized spacial score (nSPS) is 18.7. The number of hydrogen-bond donors (Lipinski definition) is 1. The van der Waals surface area contributed by atoms with Crippen molar-refractivity contribution in [2.45, 2.75) is 18.8 Å². The van der Waals surface area contributed by atoms with E-state index in [1.165, 1.54) is 0 Å². The zero-order valence-electron chi connectivity index (χ0n) is 10.6. The Kier molecular flexibility index (Phi) is 3.53. The van der Waals surface area contributed by atoms with Gasteiger partial charge in [-0.1, -0.05) is 43.8 Å². The lowest BCUT2D eigenvalue weighted by atomic mass is 9.65. The molecule has 96 valence electrons. The molecule has 3 heteroatoms. The van der Waals surface area contributed by atoms with Crippen molar-refractivity contribution in [1.82, 2.24) is 0 Å². The van der Waals surface area contributed by atoms with Crippen LogP contribution in [0.3, 0.4) is 0 Å². The van der Waals surface area contributed by atoms with E-state index in [1.807, 2.05) is 37.3 Å². The average molecular weight is 246 g/mol. The maximum atomic E-state index is 11.2. The molecule has 1 aliphatic rings. The van der Waals surface area contributed by atoms with E-state index in [0.29, 0.717) is 13.2 Å². The van der Waals surface area contributed by atoms with Gasteiger partial charge in [0, 0.05) is 16.9 Å². The van der Waals surface area contributed by atoms with E-state index in [0.717, 1.165) is 12.0 Å². The molecule has 1 N–H and O–H groups in total. The zero-order chi connectivity index (χ0) is 13.2. The molecule has 1 fully saturated rings. The van der Waals surface area contributed by atoms with Crippen molar-refractivity contribution in [2.24, 2.45) is 5.92 Å². The molecule has 0 aromatic heterocycles. The highest BCUT2D eigenvalue weighted by molar-refractivity contribution is 5.86. The summed E-state index contributed by atoms with van der Waals surface area (Å²) in [6.45, 7) is 6.89. The molecule has 0 spiro atoms. The van der Waals surface area contributed by atoms with E-state index in [4.69, 9.17) is 4.74 Å². The Morgan fingerprint density at radius 3 is 2.44 bits per heavy atom. The second-order valence-corrected chi connectivity index (χ2v) is 4.81. The molecule has 0 aliphatic carbocycles. The van der Waals surface area contributed by atoms with Gasteiger partial charge in [-0.25, -0.2) is 4.79 Å². The van der Waals surface area contributed by atoms with E-state index in [9.17, 15) is 9.90 Å². The minimum atomic E-state index is -0.913. The predicted molar refractivity (Wildman–Crippen MR) is 69.5 cm³/mol. The Morgan fingerprint density at radius 1 is 1.44 bits per heavy atom. The fourth-order valence-corrected chi connectivity index (χ4v) is 2.78. The molecule has 1 aromatic rings. The Balaban J connectivity index is 2.37. The molecule has 1 heterocycles. The van der Waals surface area contributed by atoms with E-state index < -0.39 is 5.97 Å². The van der Waals surface area contributed by atoms with E-state index >= 15 is 0 Å². The number of ether oxygens (including phenoxy) is 1. The van der Waals surface area contributed by atoms with Crippen LogP contribution < -0.4 is 0 Å². The van der Waals surface area contributed by atoms with Gasteiger partial charge in [0.25, 0.3) is 0 Å². The highest BCUT2D eigenvalue weighted by Crippen LogP contribution is 2.44. The molecule has 1 saturated heterocycles. The molecule has 0 amide bonds. The van der Waals surface area contributed by atoms with Crippen molar-refractivity contribution >= 4 is 5.97 Å². The summed E-state index contributed by atoms with van der Waals surface area (Å²) < 4.78 is 5.37. The van der Waals surface area contributed by atoms with Crippen LogP contribution in [0.2, 0.25) is 0 Å². The SMILES string of the molecule is C=C(C(=O)O)C(CC)C1(c2ccccc2)COC1. The summed E-state index contributed by atoms with van der Waals surface area (Å²) in [6, 6.07) is 10.0. The van der Waals surface area contributed by atoms with Gasteiger partial charge in [-0.15, -0.1) is 0 Å². The minimum Gasteiger partial charge on any atom is -0.478 e. The number of aliphatic carboxylic acids is 1. The maximum Gasteiger partial charge on any atom is 0.331 e. The zero-order valence-corrected chi connectivity index (χ0v) is 10.6. The van der Waals surface area contributed by atoms with E-state index in [-0.39, 0.29) is 16.9 Å². The molecule has 18 heavy (non-hydrogen) atoms. The van der Waals surface area contributed by atoms with Crippen LogP contribution in [0.5, 0.6) is 0 Å². The Hall–Kier alpha value is -1.61. The molecule has 2 rings (SSSR count). The van der Waals surface area contributed by atoms with Gasteiger partial charge in [-0.05, 0) is 12.0 Å². The van der Waals surface area contributed by atoms with Crippen LogP contribution in [0.4, 0.5) is 0 Å². The van der Waals surface area contributed by atoms with Crippen LogP contribution >= 0.6 is 0 Å². The lowest BCUT2D eigenvalue weighted by Gasteiger charge is -2.47. The summed E-state index contributed by atoms with van der Waals surface area (Å²) in [6.07, 6.45) is 0.753. The monoisotopic (exact) mass is 246 g/mol. The topological polar surface area (TPSA) is 46.5 Å². The van der Waals surface area contributed by atoms with Gasteiger partial charge in [0.15, 0.2) is 0 Å². The average Bonchev–Trinajstić information content (AvgIpc) is 2.33. The molecule has 1 unspecified atom stereocenters.